The van der Waals surface area contributed by atoms with Gasteiger partial charge in [0.25, 0.3) is 0 Å². The van der Waals surface area contributed by atoms with Crippen molar-refractivity contribution in [1.29, 1.82) is 0 Å². The predicted octanol–water partition coefficient (Wildman–Crippen LogP) is 4.01. The lowest BCUT2D eigenvalue weighted by molar-refractivity contribution is -0.149. The molecule has 2 aromatic carbocycles. The number of hydrogen-bond donors (Lipinski definition) is 0. The minimum absolute atomic E-state index is 0.0865. The van der Waals surface area contributed by atoms with Crippen molar-refractivity contribution in [3.63, 3.8) is 0 Å². The molecule has 146 valence electrons. The summed E-state index contributed by atoms with van der Waals surface area (Å²) < 4.78 is 5.83. The first kappa shape index (κ1) is 18.7. The Kier molecular flexibility index (Phi) is 4.74. The summed E-state index contributed by atoms with van der Waals surface area (Å²) in [6.07, 6.45) is 2.47. The van der Waals surface area contributed by atoms with E-state index in [1.807, 2.05) is 7.05 Å². The molecule has 1 unspecified atom stereocenters. The second-order valence-electron chi connectivity index (χ2n) is 8.13. The molecule has 0 saturated carbocycles. The van der Waals surface area contributed by atoms with Crippen molar-refractivity contribution in [3.8, 4) is 0 Å². The van der Waals surface area contributed by atoms with E-state index in [1.54, 1.807) is 11.8 Å². The third-order valence-electron chi connectivity index (χ3n) is 6.50. The van der Waals surface area contributed by atoms with Crippen molar-refractivity contribution in [2.24, 2.45) is 0 Å². The first-order chi connectivity index (χ1) is 13.4. The Labute approximate surface area is 166 Å². The number of fused-ring (bicyclic) bond motifs is 1. The Morgan fingerprint density at radius 1 is 1.04 bits per heavy atom. The van der Waals surface area contributed by atoms with Gasteiger partial charge in [-0.2, -0.15) is 0 Å². The Morgan fingerprint density at radius 3 is 2.14 bits per heavy atom. The fraction of sp³-hybridized carbons (Fsp3) is 0.417. The maximum Gasteiger partial charge on any atom is 0.302 e. The number of carbonyl (C=O) groups excluding carboxylic acids is 2. The lowest BCUT2D eigenvalue weighted by Crippen LogP contribution is -2.48. The van der Waals surface area contributed by atoms with Gasteiger partial charge >= 0.3 is 5.97 Å². The number of esters is 1. The summed E-state index contributed by atoms with van der Waals surface area (Å²) in [5.74, 6) is -0.0412. The zero-order valence-corrected chi connectivity index (χ0v) is 16.8. The summed E-state index contributed by atoms with van der Waals surface area (Å²) in [5.41, 5.74) is 5.08. The number of benzene rings is 2. The Morgan fingerprint density at radius 2 is 1.61 bits per heavy atom. The van der Waals surface area contributed by atoms with Crippen LogP contribution in [-0.2, 0) is 19.7 Å². The zero-order chi connectivity index (χ0) is 19.9. The molecule has 5 rings (SSSR count). The fourth-order valence-electron chi connectivity index (χ4n) is 5.27. The van der Waals surface area contributed by atoms with Gasteiger partial charge in [-0.05, 0) is 41.5 Å². The molecule has 1 atom stereocenters. The van der Waals surface area contributed by atoms with Crippen LogP contribution in [0.5, 0.6) is 0 Å². The molecule has 1 amide bonds. The molecule has 0 aliphatic heterocycles. The highest BCUT2D eigenvalue weighted by Gasteiger charge is 2.53. The van der Waals surface area contributed by atoms with E-state index in [4.69, 9.17) is 4.74 Å². The van der Waals surface area contributed by atoms with Crippen LogP contribution in [-0.4, -0.2) is 36.5 Å². The second-order valence-corrected chi connectivity index (χ2v) is 8.13. The van der Waals surface area contributed by atoms with Gasteiger partial charge in [-0.1, -0.05) is 48.5 Å². The molecule has 0 N–H and O–H groups in total. The monoisotopic (exact) mass is 377 g/mol. The molecule has 2 bridgehead atoms. The molecule has 3 aliphatic carbocycles. The molecule has 0 aromatic heterocycles. The molecule has 0 heterocycles. The van der Waals surface area contributed by atoms with E-state index in [0.29, 0.717) is 0 Å². The highest BCUT2D eigenvalue weighted by Crippen LogP contribution is 2.58. The normalized spacial score (nSPS) is 24.2. The van der Waals surface area contributed by atoms with Crippen LogP contribution >= 0.6 is 0 Å². The number of hydrogen-bond acceptors (Lipinski definition) is 3. The average molecular weight is 377 g/mol. The first-order valence-electron chi connectivity index (χ1n) is 10.0. The van der Waals surface area contributed by atoms with E-state index in [9.17, 15) is 9.59 Å². The van der Waals surface area contributed by atoms with Crippen LogP contribution in [0.4, 0.5) is 0 Å². The van der Waals surface area contributed by atoms with Crippen molar-refractivity contribution in [3.05, 3.63) is 70.8 Å². The van der Waals surface area contributed by atoms with Gasteiger partial charge < -0.3 is 9.64 Å². The van der Waals surface area contributed by atoms with Gasteiger partial charge in [0.1, 0.15) is 6.10 Å². The minimum atomic E-state index is -0.223. The van der Waals surface area contributed by atoms with Gasteiger partial charge in [0.05, 0.1) is 0 Å². The molecule has 0 radical (unpaired) electrons. The molecule has 0 spiro atoms. The number of amides is 1. The molecule has 0 fully saturated rings. The molecular formula is C24H27NO3. The SMILES string of the molecule is CC(=O)OC1CC2(CCCN(C)C(C)=O)c3ccccc3C1c1ccccc12. The van der Waals surface area contributed by atoms with Gasteiger partial charge in [-0.15, -0.1) is 0 Å². The zero-order valence-electron chi connectivity index (χ0n) is 16.8. The van der Waals surface area contributed by atoms with Crippen LogP contribution in [0.25, 0.3) is 0 Å². The number of ether oxygens (including phenoxy) is 1. The Bertz CT molecular complexity index is 872. The minimum Gasteiger partial charge on any atom is -0.462 e. The van der Waals surface area contributed by atoms with Gasteiger partial charge in [0.2, 0.25) is 5.91 Å². The van der Waals surface area contributed by atoms with Crippen molar-refractivity contribution < 1.29 is 14.3 Å². The molecule has 3 aliphatic rings. The van der Waals surface area contributed by atoms with Gasteiger partial charge in [0, 0.05) is 38.8 Å². The van der Waals surface area contributed by atoms with E-state index >= 15 is 0 Å². The predicted molar refractivity (Wildman–Crippen MR) is 108 cm³/mol. The largest absolute Gasteiger partial charge is 0.462 e. The van der Waals surface area contributed by atoms with E-state index in [-0.39, 0.29) is 29.3 Å². The highest BCUT2D eigenvalue weighted by molar-refractivity contribution is 5.72. The summed E-state index contributed by atoms with van der Waals surface area (Å²) in [6.45, 7) is 3.82. The van der Waals surface area contributed by atoms with E-state index in [0.717, 1.165) is 25.8 Å². The smallest absolute Gasteiger partial charge is 0.302 e. The summed E-state index contributed by atoms with van der Waals surface area (Å²) in [7, 11) is 1.85. The van der Waals surface area contributed by atoms with E-state index in [1.165, 1.54) is 29.2 Å². The molecular weight excluding hydrogens is 350 g/mol. The summed E-state index contributed by atoms with van der Waals surface area (Å²) >= 11 is 0. The average Bonchev–Trinajstić information content (AvgIpc) is 2.67. The second kappa shape index (κ2) is 7.08. The molecule has 2 aromatic rings. The van der Waals surface area contributed by atoms with Crippen molar-refractivity contribution in [2.75, 3.05) is 13.6 Å². The number of nitrogens with zero attached hydrogens (tertiary/aromatic N) is 1. The van der Waals surface area contributed by atoms with Gasteiger partial charge in [-0.3, -0.25) is 9.59 Å². The number of carbonyl (C=O) groups is 2. The molecule has 4 nitrogen and oxygen atoms in total. The lowest BCUT2D eigenvalue weighted by Gasteiger charge is -2.52. The van der Waals surface area contributed by atoms with Crippen LogP contribution in [0.1, 0.15) is 61.3 Å². The van der Waals surface area contributed by atoms with E-state index < -0.39 is 0 Å². The molecule has 0 saturated heterocycles. The topological polar surface area (TPSA) is 46.6 Å². The van der Waals surface area contributed by atoms with Crippen molar-refractivity contribution in [1.82, 2.24) is 4.90 Å². The van der Waals surface area contributed by atoms with Crippen LogP contribution < -0.4 is 0 Å². The molecule has 4 heteroatoms. The standard InChI is InChI=1S/C24H27NO3/c1-16(26)25(3)14-8-13-24-15-22(28-17(2)27)23(18-9-4-6-11-20(18)24)19-10-5-7-12-21(19)24/h4-7,9-12,22-23H,8,13-15H2,1-3H3. The van der Waals surface area contributed by atoms with Crippen molar-refractivity contribution in [2.45, 2.75) is 50.5 Å². The highest BCUT2D eigenvalue weighted by atomic mass is 16.5. The van der Waals surface area contributed by atoms with Crippen LogP contribution in [0.3, 0.4) is 0 Å². The van der Waals surface area contributed by atoms with Gasteiger partial charge in [-0.25, -0.2) is 0 Å². The number of rotatable bonds is 5. The van der Waals surface area contributed by atoms with Crippen LogP contribution in [0.2, 0.25) is 0 Å². The fourth-order valence-corrected chi connectivity index (χ4v) is 5.27. The summed E-state index contributed by atoms with van der Waals surface area (Å²) in [6, 6.07) is 17.2. The first-order valence-corrected chi connectivity index (χ1v) is 10.0. The molecule has 28 heavy (non-hydrogen) atoms. The third-order valence-corrected chi connectivity index (χ3v) is 6.50. The van der Waals surface area contributed by atoms with Gasteiger partial charge in [0.15, 0.2) is 0 Å². The van der Waals surface area contributed by atoms with Crippen LogP contribution in [0.15, 0.2) is 48.5 Å². The maximum absolute atomic E-state index is 11.8. The maximum atomic E-state index is 11.8. The summed E-state index contributed by atoms with van der Waals surface area (Å²) in [5, 5.41) is 0. The Balaban J connectivity index is 1.79. The third kappa shape index (κ3) is 2.92. The Hall–Kier alpha value is -2.62. The van der Waals surface area contributed by atoms with Crippen LogP contribution in [0, 0.1) is 0 Å². The quantitative estimate of drug-likeness (QED) is 0.740. The van der Waals surface area contributed by atoms with E-state index in [2.05, 4.69) is 48.5 Å². The summed E-state index contributed by atoms with van der Waals surface area (Å²) in [4.78, 5) is 25.2. The van der Waals surface area contributed by atoms with Crippen molar-refractivity contribution >= 4 is 11.9 Å². The lowest BCUT2D eigenvalue weighted by atomic mass is 9.53.